The van der Waals surface area contributed by atoms with Crippen LogP contribution < -0.4 is 4.74 Å². The smallest absolute Gasteiger partial charge is 0.119 e. The maximum Gasteiger partial charge on any atom is 0.119 e. The fourth-order valence-electron chi connectivity index (χ4n) is 1.90. The molecule has 4 heteroatoms. The Morgan fingerprint density at radius 3 is 2.60 bits per heavy atom. The maximum absolute atomic E-state index is 5.99. The van der Waals surface area contributed by atoms with Crippen LogP contribution in [0.15, 0.2) is 53.0 Å². The van der Waals surface area contributed by atoms with E-state index in [0.29, 0.717) is 6.61 Å². The van der Waals surface area contributed by atoms with Crippen molar-refractivity contribution in [3.8, 4) is 5.75 Å². The first-order valence-electron chi connectivity index (χ1n) is 6.29. The average molecular weight is 400 g/mol. The fraction of sp³-hybridized carbons (Fsp3) is 0.250. The lowest BCUT2D eigenvalue weighted by Crippen LogP contribution is -2.06. The van der Waals surface area contributed by atoms with Gasteiger partial charge in [0, 0.05) is 9.80 Å². The van der Waals surface area contributed by atoms with Gasteiger partial charge in [-0.15, -0.1) is 0 Å². The minimum atomic E-state index is 0.00378. The first-order valence-corrected chi connectivity index (χ1v) is 8.20. The summed E-state index contributed by atoms with van der Waals surface area (Å²) >= 11 is 6.98. The Kier molecular flexibility index (Phi) is 6.07. The molecular weight excluding hydrogens is 384 g/mol. The van der Waals surface area contributed by atoms with Crippen LogP contribution in [0.2, 0.25) is 0 Å². The van der Waals surface area contributed by atoms with Crippen molar-refractivity contribution in [2.24, 2.45) is 0 Å². The molecule has 1 unspecified atom stereocenters. The molecule has 0 bridgehead atoms. The quantitative estimate of drug-likeness (QED) is 0.628. The van der Waals surface area contributed by atoms with E-state index in [0.717, 1.165) is 26.7 Å². The van der Waals surface area contributed by atoms with Crippen molar-refractivity contribution in [2.75, 3.05) is 12.4 Å². The zero-order valence-electron chi connectivity index (χ0n) is 11.2. The minimum Gasteiger partial charge on any atom is -0.497 e. The molecule has 2 aromatic rings. The summed E-state index contributed by atoms with van der Waals surface area (Å²) in [4.78, 5) is 0. The summed E-state index contributed by atoms with van der Waals surface area (Å²) in [5.74, 6) is 0.847. The number of ether oxygens (including phenoxy) is 2. The Hall–Kier alpha value is -0.840. The standard InChI is InChI=1S/C16H16Br2O2/c1-19-15-7-3-5-13(9-15)16(10-17)20-11-12-4-2-6-14(18)8-12/h2-9,16H,10-11H2,1H3. The van der Waals surface area contributed by atoms with Crippen molar-refractivity contribution in [2.45, 2.75) is 12.7 Å². The van der Waals surface area contributed by atoms with Gasteiger partial charge >= 0.3 is 0 Å². The highest BCUT2D eigenvalue weighted by Crippen LogP contribution is 2.25. The molecule has 20 heavy (non-hydrogen) atoms. The van der Waals surface area contributed by atoms with E-state index in [1.165, 1.54) is 0 Å². The minimum absolute atomic E-state index is 0.00378. The predicted octanol–water partition coefficient (Wildman–Crippen LogP) is 5.11. The number of hydrogen-bond acceptors (Lipinski definition) is 2. The number of alkyl halides is 1. The third-order valence-corrected chi connectivity index (χ3v) is 4.03. The molecule has 0 saturated heterocycles. The number of rotatable bonds is 6. The molecule has 0 N–H and O–H groups in total. The van der Waals surface area contributed by atoms with Crippen LogP contribution in [0, 0.1) is 0 Å². The number of hydrogen-bond donors (Lipinski definition) is 0. The van der Waals surface area contributed by atoms with Gasteiger partial charge in [-0.2, -0.15) is 0 Å². The van der Waals surface area contributed by atoms with Gasteiger partial charge in [0.25, 0.3) is 0 Å². The lowest BCUT2D eigenvalue weighted by atomic mass is 10.1. The van der Waals surface area contributed by atoms with Crippen LogP contribution in [0.3, 0.4) is 0 Å². The summed E-state index contributed by atoms with van der Waals surface area (Å²) in [5, 5.41) is 0.744. The number of benzene rings is 2. The highest BCUT2D eigenvalue weighted by atomic mass is 79.9. The van der Waals surface area contributed by atoms with Crippen LogP contribution >= 0.6 is 31.9 Å². The third-order valence-electron chi connectivity index (χ3n) is 2.95. The lowest BCUT2D eigenvalue weighted by Gasteiger charge is -2.16. The molecule has 0 radical (unpaired) electrons. The Balaban J connectivity index is 2.05. The molecule has 0 heterocycles. The second-order valence-electron chi connectivity index (χ2n) is 4.36. The van der Waals surface area contributed by atoms with Gasteiger partial charge in [0.05, 0.1) is 19.8 Å². The number of methoxy groups -OCH3 is 1. The van der Waals surface area contributed by atoms with Crippen molar-refractivity contribution in [3.63, 3.8) is 0 Å². The Bertz CT molecular complexity index is 558. The zero-order valence-corrected chi connectivity index (χ0v) is 14.4. The molecule has 0 saturated carbocycles. The van der Waals surface area contributed by atoms with Gasteiger partial charge in [0.15, 0.2) is 0 Å². The van der Waals surface area contributed by atoms with E-state index in [1.54, 1.807) is 7.11 Å². The Morgan fingerprint density at radius 1 is 1.10 bits per heavy atom. The summed E-state index contributed by atoms with van der Waals surface area (Å²) in [5.41, 5.74) is 2.25. The van der Waals surface area contributed by atoms with Crippen molar-refractivity contribution < 1.29 is 9.47 Å². The highest BCUT2D eigenvalue weighted by Gasteiger charge is 2.11. The summed E-state index contributed by atoms with van der Waals surface area (Å²) < 4.78 is 12.3. The van der Waals surface area contributed by atoms with E-state index in [2.05, 4.69) is 50.1 Å². The summed E-state index contributed by atoms with van der Waals surface area (Å²) in [7, 11) is 1.67. The van der Waals surface area contributed by atoms with Crippen LogP contribution in [0.4, 0.5) is 0 Å². The molecule has 0 aliphatic heterocycles. The summed E-state index contributed by atoms with van der Waals surface area (Å²) in [6.07, 6.45) is 0.00378. The van der Waals surface area contributed by atoms with Crippen molar-refractivity contribution in [1.29, 1.82) is 0 Å². The van der Waals surface area contributed by atoms with E-state index in [-0.39, 0.29) is 6.10 Å². The van der Waals surface area contributed by atoms with Crippen LogP contribution in [0.1, 0.15) is 17.2 Å². The summed E-state index contributed by atoms with van der Waals surface area (Å²) in [6, 6.07) is 16.1. The van der Waals surface area contributed by atoms with Gasteiger partial charge in [-0.25, -0.2) is 0 Å². The van der Waals surface area contributed by atoms with Crippen LogP contribution in [-0.2, 0) is 11.3 Å². The van der Waals surface area contributed by atoms with E-state index in [9.17, 15) is 0 Å². The summed E-state index contributed by atoms with van der Waals surface area (Å²) in [6.45, 7) is 0.576. The van der Waals surface area contributed by atoms with Gasteiger partial charge < -0.3 is 9.47 Å². The van der Waals surface area contributed by atoms with Crippen molar-refractivity contribution in [3.05, 3.63) is 64.1 Å². The maximum atomic E-state index is 5.99. The Labute approximate surface area is 136 Å². The van der Waals surface area contributed by atoms with E-state index < -0.39 is 0 Å². The van der Waals surface area contributed by atoms with Crippen LogP contribution in [-0.4, -0.2) is 12.4 Å². The molecule has 0 amide bonds. The van der Waals surface area contributed by atoms with Crippen LogP contribution in [0.5, 0.6) is 5.75 Å². The molecule has 106 valence electrons. The van der Waals surface area contributed by atoms with E-state index >= 15 is 0 Å². The predicted molar refractivity (Wildman–Crippen MR) is 88.5 cm³/mol. The molecule has 2 rings (SSSR count). The van der Waals surface area contributed by atoms with Gasteiger partial charge in [-0.1, -0.05) is 56.1 Å². The topological polar surface area (TPSA) is 18.5 Å². The SMILES string of the molecule is COc1cccc(C(CBr)OCc2cccc(Br)c2)c1. The first kappa shape index (κ1) is 15.5. The van der Waals surface area contributed by atoms with Gasteiger partial charge in [0.2, 0.25) is 0 Å². The molecule has 0 aromatic heterocycles. The molecule has 0 aliphatic carbocycles. The monoisotopic (exact) mass is 398 g/mol. The zero-order chi connectivity index (χ0) is 14.4. The molecule has 0 aliphatic rings. The highest BCUT2D eigenvalue weighted by molar-refractivity contribution is 9.10. The molecule has 0 fully saturated rings. The van der Waals surface area contributed by atoms with Crippen LogP contribution in [0.25, 0.3) is 0 Å². The van der Waals surface area contributed by atoms with E-state index in [1.807, 2.05) is 30.3 Å². The normalized spacial score (nSPS) is 12.2. The molecular formula is C16H16Br2O2. The van der Waals surface area contributed by atoms with E-state index in [4.69, 9.17) is 9.47 Å². The van der Waals surface area contributed by atoms with Gasteiger partial charge in [0.1, 0.15) is 5.75 Å². The van der Waals surface area contributed by atoms with Gasteiger partial charge in [-0.05, 0) is 35.4 Å². The second-order valence-corrected chi connectivity index (χ2v) is 5.92. The largest absolute Gasteiger partial charge is 0.497 e. The molecule has 2 nitrogen and oxygen atoms in total. The molecule has 2 aromatic carbocycles. The average Bonchev–Trinajstić information content (AvgIpc) is 2.48. The van der Waals surface area contributed by atoms with Crippen molar-refractivity contribution in [1.82, 2.24) is 0 Å². The van der Waals surface area contributed by atoms with Crippen molar-refractivity contribution >= 4 is 31.9 Å². The second kappa shape index (κ2) is 7.81. The molecule has 1 atom stereocenters. The van der Waals surface area contributed by atoms with Gasteiger partial charge in [-0.3, -0.25) is 0 Å². The Morgan fingerprint density at radius 2 is 1.90 bits per heavy atom. The first-order chi connectivity index (χ1) is 9.72. The number of halogens is 2. The third kappa shape index (κ3) is 4.33. The molecule has 0 spiro atoms. The fourth-order valence-corrected chi connectivity index (χ4v) is 2.90. The lowest BCUT2D eigenvalue weighted by molar-refractivity contribution is 0.0564.